The molecular formula is C21H34N4O2. The third-order valence-electron chi connectivity index (χ3n) is 4.65. The Balaban J connectivity index is 1.92. The fourth-order valence-electron chi connectivity index (χ4n) is 3.15. The molecule has 6 nitrogen and oxygen atoms in total. The monoisotopic (exact) mass is 374 g/mol. The summed E-state index contributed by atoms with van der Waals surface area (Å²) in [6.45, 7) is 4.99. The highest BCUT2D eigenvalue weighted by Crippen LogP contribution is 2.22. The van der Waals surface area contributed by atoms with Crippen LogP contribution in [0.2, 0.25) is 0 Å². The quantitative estimate of drug-likeness (QED) is 0.569. The number of aliphatic imine (C=N–C) groups is 1. The topological polar surface area (TPSA) is 66.0 Å². The molecule has 1 amide bonds. The number of nitrogens with one attached hydrogen (secondary N) is 2. The Kier molecular flexibility index (Phi) is 8.58. The third kappa shape index (κ3) is 7.99. The number of hydrogen-bond acceptors (Lipinski definition) is 3. The zero-order valence-corrected chi connectivity index (χ0v) is 17.1. The maximum atomic E-state index is 11.9. The first-order valence-corrected chi connectivity index (χ1v) is 9.88. The second kappa shape index (κ2) is 10.9. The van der Waals surface area contributed by atoms with Crippen molar-refractivity contribution in [2.24, 2.45) is 4.99 Å². The van der Waals surface area contributed by atoms with Gasteiger partial charge in [0.05, 0.1) is 25.3 Å². The molecule has 0 unspecified atom stereocenters. The van der Waals surface area contributed by atoms with Crippen LogP contribution in [0.15, 0.2) is 35.3 Å². The number of hydrogen-bond donors (Lipinski definition) is 2. The van der Waals surface area contributed by atoms with Gasteiger partial charge >= 0.3 is 0 Å². The van der Waals surface area contributed by atoms with Crippen LogP contribution in [-0.2, 0) is 16.1 Å². The number of guanidine groups is 1. The summed E-state index contributed by atoms with van der Waals surface area (Å²) < 4.78 is 5.93. The van der Waals surface area contributed by atoms with Crippen molar-refractivity contribution in [3.63, 3.8) is 0 Å². The van der Waals surface area contributed by atoms with Crippen LogP contribution in [0.5, 0.6) is 0 Å². The first kappa shape index (κ1) is 21.2. The van der Waals surface area contributed by atoms with E-state index >= 15 is 0 Å². The van der Waals surface area contributed by atoms with Gasteiger partial charge in [-0.3, -0.25) is 4.79 Å². The van der Waals surface area contributed by atoms with E-state index in [9.17, 15) is 4.79 Å². The number of rotatable bonds is 7. The van der Waals surface area contributed by atoms with Gasteiger partial charge in [0.2, 0.25) is 5.91 Å². The van der Waals surface area contributed by atoms with Gasteiger partial charge in [0.1, 0.15) is 0 Å². The molecule has 6 heteroatoms. The first-order chi connectivity index (χ1) is 12.9. The second-order valence-electron chi connectivity index (χ2n) is 7.59. The molecule has 27 heavy (non-hydrogen) atoms. The molecule has 0 heterocycles. The normalized spacial score (nSPS) is 20.4. The summed E-state index contributed by atoms with van der Waals surface area (Å²) in [5.41, 5.74) is 1.14. The summed E-state index contributed by atoms with van der Waals surface area (Å²) in [6, 6.07) is 10.5. The minimum Gasteiger partial charge on any atom is -0.376 e. The van der Waals surface area contributed by atoms with Gasteiger partial charge in [-0.15, -0.1) is 0 Å². The molecule has 0 spiro atoms. The van der Waals surface area contributed by atoms with Crippen LogP contribution in [0.1, 0.15) is 45.1 Å². The fraction of sp³-hybridized carbons (Fsp3) is 0.619. The molecule has 150 valence electrons. The highest BCUT2D eigenvalue weighted by atomic mass is 16.5. The Labute approximate surface area is 163 Å². The van der Waals surface area contributed by atoms with Crippen LogP contribution in [0.4, 0.5) is 0 Å². The maximum absolute atomic E-state index is 11.9. The van der Waals surface area contributed by atoms with Crippen LogP contribution in [0, 0.1) is 0 Å². The lowest BCUT2D eigenvalue weighted by atomic mass is 9.93. The van der Waals surface area contributed by atoms with Gasteiger partial charge in [0.15, 0.2) is 5.96 Å². The van der Waals surface area contributed by atoms with E-state index in [4.69, 9.17) is 4.74 Å². The number of carbonyl (C=O) groups is 1. The molecule has 1 aromatic carbocycles. The van der Waals surface area contributed by atoms with E-state index in [1.807, 2.05) is 18.2 Å². The van der Waals surface area contributed by atoms with Crippen molar-refractivity contribution >= 4 is 11.9 Å². The van der Waals surface area contributed by atoms with Gasteiger partial charge in [-0.1, -0.05) is 30.3 Å². The fourth-order valence-corrected chi connectivity index (χ4v) is 3.15. The molecule has 2 N–H and O–H groups in total. The Morgan fingerprint density at radius 2 is 1.85 bits per heavy atom. The second-order valence-corrected chi connectivity index (χ2v) is 7.59. The van der Waals surface area contributed by atoms with Crippen molar-refractivity contribution in [2.45, 2.75) is 64.3 Å². The first-order valence-electron chi connectivity index (χ1n) is 9.88. The highest BCUT2D eigenvalue weighted by Gasteiger charge is 2.23. The molecule has 0 radical (unpaired) electrons. The van der Waals surface area contributed by atoms with Crippen molar-refractivity contribution < 1.29 is 9.53 Å². The van der Waals surface area contributed by atoms with E-state index < -0.39 is 0 Å². The molecule has 0 aliphatic heterocycles. The molecule has 1 saturated carbocycles. The molecule has 2 rings (SSSR count). The highest BCUT2D eigenvalue weighted by molar-refractivity contribution is 5.86. The summed E-state index contributed by atoms with van der Waals surface area (Å²) in [5.74, 6) is 0.723. The summed E-state index contributed by atoms with van der Waals surface area (Å²) in [7, 11) is 3.52. The van der Waals surface area contributed by atoms with E-state index in [0.717, 1.165) is 31.2 Å². The molecular weight excluding hydrogens is 340 g/mol. The van der Waals surface area contributed by atoms with Crippen molar-refractivity contribution in [1.29, 1.82) is 0 Å². The van der Waals surface area contributed by atoms with E-state index in [-0.39, 0.29) is 18.6 Å². The summed E-state index contributed by atoms with van der Waals surface area (Å²) >= 11 is 0. The number of nitrogens with zero attached hydrogens (tertiary/aromatic N) is 2. The molecule has 1 fully saturated rings. The van der Waals surface area contributed by atoms with Crippen LogP contribution in [-0.4, -0.2) is 55.7 Å². The summed E-state index contributed by atoms with van der Waals surface area (Å²) in [5, 5.41) is 6.69. The summed E-state index contributed by atoms with van der Waals surface area (Å²) in [6.07, 6.45) is 4.84. The molecule has 0 saturated heterocycles. The van der Waals surface area contributed by atoms with Crippen molar-refractivity contribution in [3.8, 4) is 0 Å². The lowest BCUT2D eigenvalue weighted by Gasteiger charge is -2.31. The van der Waals surface area contributed by atoms with Crippen molar-refractivity contribution in [2.75, 3.05) is 20.6 Å². The van der Waals surface area contributed by atoms with Gasteiger partial charge in [0.25, 0.3) is 0 Å². The number of ether oxygens (including phenoxy) is 1. The Morgan fingerprint density at radius 3 is 2.44 bits per heavy atom. The van der Waals surface area contributed by atoms with Gasteiger partial charge in [-0.2, -0.15) is 0 Å². The van der Waals surface area contributed by atoms with E-state index in [0.29, 0.717) is 24.7 Å². The molecule has 1 aliphatic carbocycles. The average molecular weight is 375 g/mol. The van der Waals surface area contributed by atoms with Crippen LogP contribution in [0.3, 0.4) is 0 Å². The third-order valence-corrected chi connectivity index (χ3v) is 4.65. The number of benzene rings is 1. The molecule has 1 aliphatic rings. The molecule has 0 atom stereocenters. The number of carbonyl (C=O) groups excluding carboxylic acids is 1. The minimum absolute atomic E-state index is 0.0262. The molecule has 0 bridgehead atoms. The minimum atomic E-state index is 0.0262. The SMILES string of the molecule is CC(C)OC1CCC(NC(=NCc2ccccc2)NCC(=O)N(C)C)CC1. The van der Waals surface area contributed by atoms with Crippen molar-refractivity contribution in [3.05, 3.63) is 35.9 Å². The van der Waals surface area contributed by atoms with Crippen LogP contribution in [0.25, 0.3) is 0 Å². The smallest absolute Gasteiger partial charge is 0.241 e. The zero-order valence-electron chi connectivity index (χ0n) is 17.1. The van der Waals surface area contributed by atoms with E-state index in [2.05, 4.69) is 41.6 Å². The number of amides is 1. The Morgan fingerprint density at radius 1 is 1.19 bits per heavy atom. The van der Waals surface area contributed by atoms with Crippen LogP contribution >= 0.6 is 0 Å². The van der Waals surface area contributed by atoms with Gasteiger partial charge in [0, 0.05) is 20.1 Å². The Hall–Kier alpha value is -2.08. The van der Waals surface area contributed by atoms with Gasteiger partial charge in [-0.05, 0) is 45.1 Å². The van der Waals surface area contributed by atoms with Crippen LogP contribution < -0.4 is 10.6 Å². The van der Waals surface area contributed by atoms with Gasteiger partial charge in [-0.25, -0.2) is 4.99 Å². The number of likely N-dealkylation sites (N-methyl/N-ethyl adjacent to an activating group) is 1. The lowest BCUT2D eigenvalue weighted by Crippen LogP contribution is -2.48. The molecule has 0 aromatic heterocycles. The average Bonchev–Trinajstić information content (AvgIpc) is 2.65. The predicted octanol–water partition coefficient (Wildman–Crippen LogP) is 2.55. The van der Waals surface area contributed by atoms with Gasteiger partial charge < -0.3 is 20.3 Å². The maximum Gasteiger partial charge on any atom is 0.241 e. The standard InChI is InChI=1S/C21H34N4O2/c1-16(2)27-19-12-10-18(11-13-19)24-21(23-15-20(26)25(3)4)22-14-17-8-6-5-7-9-17/h5-9,16,18-19H,10-15H2,1-4H3,(H2,22,23,24). The summed E-state index contributed by atoms with van der Waals surface area (Å²) in [4.78, 5) is 18.2. The Bertz CT molecular complexity index is 593. The van der Waals surface area contributed by atoms with E-state index in [1.54, 1.807) is 19.0 Å². The largest absolute Gasteiger partial charge is 0.376 e. The lowest BCUT2D eigenvalue weighted by molar-refractivity contribution is -0.127. The van der Waals surface area contributed by atoms with Crippen molar-refractivity contribution in [1.82, 2.24) is 15.5 Å². The zero-order chi connectivity index (χ0) is 19.6. The predicted molar refractivity (Wildman–Crippen MR) is 110 cm³/mol. The molecule has 1 aromatic rings. The van der Waals surface area contributed by atoms with E-state index in [1.165, 1.54) is 0 Å².